The molecule has 0 spiro atoms. The predicted octanol–water partition coefficient (Wildman–Crippen LogP) is 4.63. The van der Waals surface area contributed by atoms with Gasteiger partial charge in [-0.1, -0.05) is 0 Å². The van der Waals surface area contributed by atoms with Gasteiger partial charge in [0.2, 0.25) is 10.0 Å². The summed E-state index contributed by atoms with van der Waals surface area (Å²) in [7, 11) is -3.92. The number of alkyl halides is 3. The lowest BCUT2D eigenvalue weighted by molar-refractivity contribution is -0.137. The Morgan fingerprint density at radius 1 is 1.12 bits per heavy atom. The Labute approximate surface area is 189 Å². The third kappa shape index (κ3) is 6.21. The lowest BCUT2D eigenvalue weighted by Crippen LogP contribution is -2.27. The topological polar surface area (TPSA) is 111 Å². The van der Waals surface area contributed by atoms with Crippen LogP contribution >= 0.6 is 0 Å². The molecule has 0 unspecified atom stereocenters. The van der Waals surface area contributed by atoms with Gasteiger partial charge in [0.25, 0.3) is 5.91 Å². The first-order valence-electron chi connectivity index (χ1n) is 9.31. The first kappa shape index (κ1) is 25.0. The summed E-state index contributed by atoms with van der Waals surface area (Å²) < 4.78 is 101. The van der Waals surface area contributed by atoms with Crippen molar-refractivity contribution in [3.8, 4) is 11.8 Å². The molecule has 1 heterocycles. The summed E-state index contributed by atoms with van der Waals surface area (Å²) >= 11 is 0. The fourth-order valence-corrected chi connectivity index (χ4v) is 3.27. The predicted molar refractivity (Wildman–Crippen MR) is 109 cm³/mol. The number of ether oxygens (including phenoxy) is 1. The number of carbonyl (C=O) groups is 1. The molecule has 182 valence electrons. The van der Waals surface area contributed by atoms with E-state index in [1.807, 2.05) is 0 Å². The first-order chi connectivity index (χ1) is 15.7. The number of nitrogens with zero attached hydrogens (tertiary/aromatic N) is 1. The molecule has 2 aromatic carbocycles. The molecule has 8 nitrogen and oxygen atoms in total. The van der Waals surface area contributed by atoms with E-state index in [1.165, 1.54) is 6.92 Å². The van der Waals surface area contributed by atoms with Gasteiger partial charge in [-0.2, -0.15) is 18.2 Å². The number of anilines is 1. The van der Waals surface area contributed by atoms with Crippen molar-refractivity contribution < 1.29 is 44.3 Å². The van der Waals surface area contributed by atoms with E-state index in [2.05, 4.69) is 10.3 Å². The summed E-state index contributed by atoms with van der Waals surface area (Å²) in [5.41, 5.74) is -2.02. The second-order valence-electron chi connectivity index (χ2n) is 7.05. The standard InChI is InChI=1S/C20H16F5N3O5S/c1-10(11-7-14(21)17(15(22)8-11)28-34(2,30)31)26-18(29)16-9-32-19(27-16)33-13-5-3-12(4-6-13)20(23,24)25/h3-10,28H,1-2H3,(H,26,29)/t10-/m1/s1. The van der Waals surface area contributed by atoms with Crippen LogP contribution < -0.4 is 14.8 Å². The lowest BCUT2D eigenvalue weighted by Gasteiger charge is -2.15. The Balaban J connectivity index is 1.67. The monoisotopic (exact) mass is 505 g/mol. The van der Waals surface area contributed by atoms with Gasteiger partial charge < -0.3 is 14.5 Å². The minimum atomic E-state index is -4.51. The van der Waals surface area contributed by atoms with E-state index in [4.69, 9.17) is 9.15 Å². The number of sulfonamides is 1. The Morgan fingerprint density at radius 3 is 2.24 bits per heavy atom. The molecule has 14 heteroatoms. The van der Waals surface area contributed by atoms with Crippen LogP contribution in [-0.2, 0) is 16.2 Å². The SMILES string of the molecule is C[C@@H](NC(=O)c1coc(Oc2ccc(C(F)(F)F)cc2)n1)c1cc(F)c(NS(C)(=O)=O)c(F)c1. The second-order valence-corrected chi connectivity index (χ2v) is 8.80. The number of oxazole rings is 1. The summed E-state index contributed by atoms with van der Waals surface area (Å²) in [6, 6.07) is 4.44. The molecule has 3 aromatic rings. The van der Waals surface area contributed by atoms with Crippen molar-refractivity contribution in [3.05, 3.63) is 71.1 Å². The van der Waals surface area contributed by atoms with Crippen molar-refractivity contribution in [2.24, 2.45) is 0 Å². The van der Waals surface area contributed by atoms with Gasteiger partial charge in [0.1, 0.15) is 17.7 Å². The number of nitrogens with one attached hydrogen (secondary N) is 2. The number of rotatable bonds is 7. The molecule has 1 atom stereocenters. The highest BCUT2D eigenvalue weighted by Crippen LogP contribution is 2.31. The molecule has 0 aliphatic carbocycles. The van der Waals surface area contributed by atoms with Crippen LogP contribution in [0.1, 0.15) is 34.6 Å². The van der Waals surface area contributed by atoms with Gasteiger partial charge >= 0.3 is 12.3 Å². The minimum Gasteiger partial charge on any atom is -0.416 e. The number of amides is 1. The highest BCUT2D eigenvalue weighted by Gasteiger charge is 2.30. The van der Waals surface area contributed by atoms with E-state index in [0.717, 1.165) is 48.9 Å². The van der Waals surface area contributed by atoms with Crippen LogP contribution in [0.15, 0.2) is 47.1 Å². The molecular weight excluding hydrogens is 489 g/mol. The molecule has 0 fully saturated rings. The van der Waals surface area contributed by atoms with E-state index < -0.39 is 57.1 Å². The van der Waals surface area contributed by atoms with Crippen molar-refractivity contribution in [3.63, 3.8) is 0 Å². The highest BCUT2D eigenvalue weighted by molar-refractivity contribution is 7.92. The third-order valence-corrected chi connectivity index (χ3v) is 4.88. The van der Waals surface area contributed by atoms with Gasteiger partial charge in [-0.25, -0.2) is 17.2 Å². The smallest absolute Gasteiger partial charge is 0.416 e. The van der Waals surface area contributed by atoms with E-state index in [-0.39, 0.29) is 17.0 Å². The summed E-state index contributed by atoms with van der Waals surface area (Å²) in [5.74, 6) is -3.20. The molecule has 0 saturated carbocycles. The maximum Gasteiger partial charge on any atom is 0.416 e. The minimum absolute atomic E-state index is 0.00729. The number of halogens is 5. The maximum atomic E-state index is 14.2. The van der Waals surface area contributed by atoms with Crippen molar-refractivity contribution >= 4 is 21.6 Å². The number of hydrogen-bond acceptors (Lipinski definition) is 6. The first-order valence-corrected chi connectivity index (χ1v) is 11.2. The van der Waals surface area contributed by atoms with E-state index in [0.29, 0.717) is 0 Å². The molecule has 0 aliphatic heterocycles. The van der Waals surface area contributed by atoms with Crippen molar-refractivity contribution in [1.82, 2.24) is 10.3 Å². The van der Waals surface area contributed by atoms with Crippen LogP contribution in [0.2, 0.25) is 0 Å². The van der Waals surface area contributed by atoms with Gasteiger partial charge in [-0.15, -0.1) is 0 Å². The Hall–Kier alpha value is -3.68. The molecule has 1 amide bonds. The van der Waals surface area contributed by atoms with Gasteiger partial charge in [-0.05, 0) is 48.9 Å². The molecule has 0 radical (unpaired) electrons. The summed E-state index contributed by atoms with van der Waals surface area (Å²) in [6.45, 7) is 1.41. The average Bonchev–Trinajstić information content (AvgIpc) is 3.18. The van der Waals surface area contributed by atoms with Gasteiger partial charge in [0.05, 0.1) is 17.9 Å². The quantitative estimate of drug-likeness (QED) is 0.453. The maximum absolute atomic E-state index is 14.2. The number of benzene rings is 2. The Kier molecular flexibility index (Phi) is 6.82. The fraction of sp³-hybridized carbons (Fsp3) is 0.200. The number of carbonyl (C=O) groups excluding carboxylic acids is 1. The summed E-state index contributed by atoms with van der Waals surface area (Å²) in [4.78, 5) is 16.1. The summed E-state index contributed by atoms with van der Waals surface area (Å²) in [5, 5.41) is 2.42. The van der Waals surface area contributed by atoms with Gasteiger partial charge in [0.15, 0.2) is 17.3 Å². The van der Waals surface area contributed by atoms with Crippen LogP contribution in [0.25, 0.3) is 0 Å². The molecule has 3 rings (SSSR count). The van der Waals surface area contributed by atoms with Crippen LogP contribution in [0.3, 0.4) is 0 Å². The van der Waals surface area contributed by atoms with Crippen LogP contribution in [0.4, 0.5) is 27.6 Å². The van der Waals surface area contributed by atoms with E-state index in [9.17, 15) is 35.2 Å². The zero-order valence-corrected chi connectivity index (χ0v) is 18.2. The van der Waals surface area contributed by atoms with Crippen molar-refractivity contribution in [2.45, 2.75) is 19.1 Å². The van der Waals surface area contributed by atoms with Crippen LogP contribution in [-0.4, -0.2) is 25.6 Å². The fourth-order valence-electron chi connectivity index (χ4n) is 2.70. The Morgan fingerprint density at radius 2 is 1.71 bits per heavy atom. The second kappa shape index (κ2) is 9.29. The van der Waals surface area contributed by atoms with E-state index >= 15 is 0 Å². The van der Waals surface area contributed by atoms with Crippen molar-refractivity contribution in [1.29, 1.82) is 0 Å². The van der Waals surface area contributed by atoms with Crippen LogP contribution in [0, 0.1) is 11.6 Å². The van der Waals surface area contributed by atoms with E-state index in [1.54, 1.807) is 4.72 Å². The third-order valence-electron chi connectivity index (χ3n) is 4.30. The lowest BCUT2D eigenvalue weighted by atomic mass is 10.1. The normalized spacial score (nSPS) is 12.8. The summed E-state index contributed by atoms with van der Waals surface area (Å²) in [6.07, 6.45) is -3.29. The molecule has 0 bridgehead atoms. The van der Waals surface area contributed by atoms with Gasteiger partial charge in [0, 0.05) is 0 Å². The Bertz CT molecular complexity index is 1280. The zero-order valence-electron chi connectivity index (χ0n) is 17.4. The molecule has 1 aromatic heterocycles. The van der Waals surface area contributed by atoms with Crippen molar-refractivity contribution in [2.75, 3.05) is 11.0 Å². The number of hydrogen-bond donors (Lipinski definition) is 2. The molecule has 34 heavy (non-hydrogen) atoms. The zero-order chi connectivity index (χ0) is 25.3. The average molecular weight is 505 g/mol. The highest BCUT2D eigenvalue weighted by atomic mass is 32.2. The van der Waals surface area contributed by atoms with Gasteiger partial charge in [-0.3, -0.25) is 9.52 Å². The van der Waals surface area contributed by atoms with Crippen LogP contribution in [0.5, 0.6) is 11.8 Å². The molecular formula is C20H16F5N3O5S. The molecule has 0 saturated heterocycles. The number of aromatic nitrogens is 1. The molecule has 2 N–H and O–H groups in total. The largest absolute Gasteiger partial charge is 0.416 e. The molecule has 0 aliphatic rings.